The van der Waals surface area contributed by atoms with Crippen LogP contribution in [0.1, 0.15) is 27.7 Å². The van der Waals surface area contributed by atoms with Crippen LogP contribution in [-0.4, -0.2) is 31.1 Å². The van der Waals surface area contributed by atoms with Crippen molar-refractivity contribution >= 4 is 0 Å². The largest absolute Gasteiger partial charge is 0.457 e. The maximum atomic E-state index is 12.0. The average molecular weight is 252 g/mol. The Labute approximate surface area is 100 Å². The molecule has 0 aromatic heterocycles. The predicted octanol–water partition coefficient (Wildman–Crippen LogP) is 2.61. The summed E-state index contributed by atoms with van der Waals surface area (Å²) < 4.78 is 41.3. The van der Waals surface area contributed by atoms with Gasteiger partial charge in [-0.1, -0.05) is 19.8 Å². The first-order chi connectivity index (χ1) is 7.52. The van der Waals surface area contributed by atoms with Crippen molar-refractivity contribution in [3.8, 4) is 11.8 Å². The SMILES string of the molecule is CC(C)(C#CC(F)(F)F)C(C)(C)COCCO. The fraction of sp³-hybridized carbons (Fsp3) is 0.833. The lowest BCUT2D eigenvalue weighted by Gasteiger charge is -2.37. The van der Waals surface area contributed by atoms with E-state index in [1.165, 1.54) is 5.92 Å². The van der Waals surface area contributed by atoms with Crippen LogP contribution in [0.15, 0.2) is 0 Å². The summed E-state index contributed by atoms with van der Waals surface area (Å²) in [6.45, 7) is 7.18. The van der Waals surface area contributed by atoms with Crippen LogP contribution in [0.2, 0.25) is 0 Å². The van der Waals surface area contributed by atoms with E-state index in [-0.39, 0.29) is 19.8 Å². The van der Waals surface area contributed by atoms with Crippen molar-refractivity contribution in [3.63, 3.8) is 0 Å². The van der Waals surface area contributed by atoms with Gasteiger partial charge in [0.05, 0.1) is 19.8 Å². The topological polar surface area (TPSA) is 29.5 Å². The van der Waals surface area contributed by atoms with Gasteiger partial charge in [0.25, 0.3) is 0 Å². The van der Waals surface area contributed by atoms with Gasteiger partial charge in [-0.15, -0.1) is 0 Å². The van der Waals surface area contributed by atoms with E-state index in [0.29, 0.717) is 0 Å². The molecular weight excluding hydrogens is 233 g/mol. The lowest BCUT2D eigenvalue weighted by molar-refractivity contribution is -0.0704. The second-order valence-electron chi connectivity index (χ2n) is 5.03. The molecule has 0 spiro atoms. The summed E-state index contributed by atoms with van der Waals surface area (Å²) in [4.78, 5) is 0. The Morgan fingerprint density at radius 1 is 1.06 bits per heavy atom. The molecule has 5 heteroatoms. The van der Waals surface area contributed by atoms with E-state index in [4.69, 9.17) is 9.84 Å². The summed E-state index contributed by atoms with van der Waals surface area (Å²) >= 11 is 0. The summed E-state index contributed by atoms with van der Waals surface area (Å²) in [5.41, 5.74) is -1.38. The van der Waals surface area contributed by atoms with Gasteiger partial charge in [-0.25, -0.2) is 0 Å². The molecule has 0 unspecified atom stereocenters. The highest BCUT2D eigenvalue weighted by Gasteiger charge is 2.37. The van der Waals surface area contributed by atoms with Crippen LogP contribution in [0.5, 0.6) is 0 Å². The van der Waals surface area contributed by atoms with Gasteiger partial charge in [0.2, 0.25) is 0 Å². The van der Waals surface area contributed by atoms with Crippen LogP contribution >= 0.6 is 0 Å². The minimum Gasteiger partial charge on any atom is -0.394 e. The summed E-state index contributed by atoms with van der Waals surface area (Å²) in [6.07, 6.45) is -4.47. The molecule has 0 fully saturated rings. The third-order valence-electron chi connectivity index (χ3n) is 2.91. The fourth-order valence-corrected chi connectivity index (χ4v) is 0.969. The highest BCUT2D eigenvalue weighted by molar-refractivity contribution is 5.16. The van der Waals surface area contributed by atoms with Crippen molar-refractivity contribution in [1.82, 2.24) is 0 Å². The average Bonchev–Trinajstić information content (AvgIpc) is 2.14. The number of halogens is 3. The minimum atomic E-state index is -4.47. The first kappa shape index (κ1) is 16.3. The molecule has 1 N–H and O–H groups in total. The number of aliphatic hydroxyl groups is 1. The fourth-order valence-electron chi connectivity index (χ4n) is 0.969. The highest BCUT2D eigenvalue weighted by Crippen LogP contribution is 2.38. The molecule has 0 aromatic rings. The molecule has 0 aliphatic heterocycles. The Morgan fingerprint density at radius 3 is 2.00 bits per heavy atom. The number of rotatable bonds is 5. The Morgan fingerprint density at radius 2 is 1.59 bits per heavy atom. The standard InChI is InChI=1S/C12H19F3O2/c1-10(2,5-6-12(13,14)15)11(3,4)9-17-8-7-16/h16H,7-9H2,1-4H3. The van der Waals surface area contributed by atoms with Gasteiger partial charge < -0.3 is 9.84 Å². The smallest absolute Gasteiger partial charge is 0.394 e. The Kier molecular flexibility index (Phi) is 5.50. The maximum Gasteiger partial charge on any atom is 0.457 e. The Bertz CT molecular complexity index is 295. The van der Waals surface area contributed by atoms with E-state index >= 15 is 0 Å². The van der Waals surface area contributed by atoms with Crippen LogP contribution in [0.4, 0.5) is 13.2 Å². The minimum absolute atomic E-state index is 0.106. The highest BCUT2D eigenvalue weighted by atomic mass is 19.4. The second kappa shape index (κ2) is 5.74. The molecule has 0 saturated heterocycles. The summed E-state index contributed by atoms with van der Waals surface area (Å²) in [5, 5.41) is 8.57. The zero-order chi connectivity index (χ0) is 13.7. The second-order valence-corrected chi connectivity index (χ2v) is 5.03. The zero-order valence-corrected chi connectivity index (χ0v) is 10.6. The van der Waals surface area contributed by atoms with Crippen molar-refractivity contribution < 1.29 is 23.0 Å². The zero-order valence-electron chi connectivity index (χ0n) is 10.6. The first-order valence-corrected chi connectivity index (χ1v) is 5.31. The van der Waals surface area contributed by atoms with Crippen LogP contribution < -0.4 is 0 Å². The van der Waals surface area contributed by atoms with Crippen molar-refractivity contribution in [3.05, 3.63) is 0 Å². The van der Waals surface area contributed by atoms with Crippen molar-refractivity contribution in [2.45, 2.75) is 33.9 Å². The van der Waals surface area contributed by atoms with Gasteiger partial charge in [-0.3, -0.25) is 0 Å². The van der Waals surface area contributed by atoms with Crippen LogP contribution in [0.25, 0.3) is 0 Å². The van der Waals surface area contributed by atoms with E-state index in [1.807, 2.05) is 0 Å². The normalized spacial score (nSPS) is 13.2. The monoisotopic (exact) mass is 252 g/mol. The number of ether oxygens (including phenoxy) is 1. The van der Waals surface area contributed by atoms with Gasteiger partial charge >= 0.3 is 6.18 Å². The number of alkyl halides is 3. The van der Waals surface area contributed by atoms with Crippen molar-refractivity contribution in [2.75, 3.05) is 19.8 Å². The lowest BCUT2D eigenvalue weighted by Crippen LogP contribution is -2.36. The van der Waals surface area contributed by atoms with Crippen LogP contribution in [0.3, 0.4) is 0 Å². The quantitative estimate of drug-likeness (QED) is 0.602. The molecule has 100 valence electrons. The third-order valence-corrected chi connectivity index (χ3v) is 2.91. The number of hydrogen-bond donors (Lipinski definition) is 1. The van der Waals surface area contributed by atoms with E-state index < -0.39 is 17.0 Å². The van der Waals surface area contributed by atoms with E-state index in [0.717, 1.165) is 0 Å². The van der Waals surface area contributed by atoms with Gasteiger partial charge in [-0.2, -0.15) is 13.2 Å². The predicted molar refractivity (Wildman–Crippen MR) is 59.3 cm³/mol. The summed E-state index contributed by atoms with van der Waals surface area (Å²) in [7, 11) is 0. The van der Waals surface area contributed by atoms with Crippen LogP contribution in [0, 0.1) is 22.7 Å². The van der Waals surface area contributed by atoms with Crippen molar-refractivity contribution in [1.29, 1.82) is 0 Å². The molecule has 0 aliphatic carbocycles. The molecule has 0 saturated carbocycles. The molecule has 17 heavy (non-hydrogen) atoms. The van der Waals surface area contributed by atoms with Gasteiger partial charge in [0.15, 0.2) is 0 Å². The molecule has 0 atom stereocenters. The maximum absolute atomic E-state index is 12.0. The third kappa shape index (κ3) is 5.94. The molecule has 2 nitrogen and oxygen atoms in total. The molecule has 0 amide bonds. The van der Waals surface area contributed by atoms with E-state index in [9.17, 15) is 13.2 Å². The van der Waals surface area contributed by atoms with Crippen LogP contribution in [-0.2, 0) is 4.74 Å². The summed E-state index contributed by atoms with van der Waals surface area (Å²) in [6, 6.07) is 0. The molecule has 0 rings (SSSR count). The first-order valence-electron chi connectivity index (χ1n) is 5.31. The van der Waals surface area contributed by atoms with E-state index in [2.05, 4.69) is 5.92 Å². The van der Waals surface area contributed by atoms with Gasteiger partial charge in [0, 0.05) is 16.8 Å². The molecule has 0 radical (unpaired) electrons. The van der Waals surface area contributed by atoms with E-state index in [1.54, 1.807) is 27.7 Å². The molecule has 0 bridgehead atoms. The Hall–Kier alpha value is -0.730. The van der Waals surface area contributed by atoms with Gasteiger partial charge in [-0.05, 0) is 13.8 Å². The molecule has 0 aliphatic rings. The Balaban J connectivity index is 4.70. The molecule has 0 aromatic carbocycles. The molecule has 0 heterocycles. The lowest BCUT2D eigenvalue weighted by atomic mass is 9.69. The molecular formula is C12H19F3O2. The summed E-state index contributed by atoms with van der Waals surface area (Å²) in [5.74, 6) is 3.55. The van der Waals surface area contributed by atoms with Crippen molar-refractivity contribution in [2.24, 2.45) is 10.8 Å². The van der Waals surface area contributed by atoms with Gasteiger partial charge in [0.1, 0.15) is 0 Å². The number of hydrogen-bond acceptors (Lipinski definition) is 2. The number of aliphatic hydroxyl groups excluding tert-OH is 1.